The van der Waals surface area contributed by atoms with Gasteiger partial charge in [-0.2, -0.15) is 0 Å². The molecule has 0 aliphatic heterocycles. The van der Waals surface area contributed by atoms with Gasteiger partial charge in [-0.25, -0.2) is 0 Å². The molecule has 0 saturated carbocycles. The van der Waals surface area contributed by atoms with E-state index in [2.05, 4.69) is 5.32 Å². The number of carbonyl (C=O) groups is 2. The van der Waals surface area contributed by atoms with Crippen LogP contribution in [-0.2, 0) is 6.54 Å². The summed E-state index contributed by atoms with van der Waals surface area (Å²) in [6.45, 7) is 2.71. The molecular formula is C19H17NO4S. The van der Waals surface area contributed by atoms with Crippen molar-refractivity contribution in [2.75, 3.05) is 6.61 Å². The highest BCUT2D eigenvalue weighted by molar-refractivity contribution is 7.14. The highest BCUT2D eigenvalue weighted by atomic mass is 32.1. The number of carbonyl (C=O) groups excluding carboxylic acids is 2. The lowest BCUT2D eigenvalue weighted by Crippen LogP contribution is -2.23. The summed E-state index contributed by atoms with van der Waals surface area (Å²) in [5.41, 5.74) is 0.493. The topological polar surface area (TPSA) is 68.5 Å². The maximum Gasteiger partial charge on any atom is 0.255 e. The predicted octanol–water partition coefficient (Wildman–Crippen LogP) is 3.90. The van der Waals surface area contributed by atoms with Gasteiger partial charge in [0.15, 0.2) is 5.76 Å². The van der Waals surface area contributed by atoms with Crippen LogP contribution in [0.25, 0.3) is 0 Å². The molecule has 25 heavy (non-hydrogen) atoms. The zero-order valence-corrected chi connectivity index (χ0v) is 14.5. The van der Waals surface area contributed by atoms with Crippen LogP contribution in [0.3, 0.4) is 0 Å². The number of benzene rings is 1. The number of nitrogens with one attached hydrogen (secondary N) is 1. The summed E-state index contributed by atoms with van der Waals surface area (Å²) in [6, 6.07) is 14.0. The van der Waals surface area contributed by atoms with Crippen molar-refractivity contribution < 1.29 is 18.7 Å². The first kappa shape index (κ1) is 17.0. The van der Waals surface area contributed by atoms with E-state index in [0.29, 0.717) is 35.1 Å². The Bertz CT molecular complexity index is 867. The second kappa shape index (κ2) is 7.81. The third kappa shape index (κ3) is 3.97. The zero-order chi connectivity index (χ0) is 17.6. The molecule has 1 N–H and O–H groups in total. The molecular weight excluding hydrogens is 338 g/mol. The first-order chi connectivity index (χ1) is 12.2. The van der Waals surface area contributed by atoms with E-state index < -0.39 is 0 Å². The summed E-state index contributed by atoms with van der Waals surface area (Å²) in [5, 5.41) is 2.86. The lowest BCUT2D eigenvalue weighted by molar-refractivity contribution is 0.0946. The number of amides is 1. The molecule has 0 saturated heterocycles. The van der Waals surface area contributed by atoms with Gasteiger partial charge in [-0.3, -0.25) is 9.59 Å². The maximum absolute atomic E-state index is 12.4. The first-order valence-corrected chi connectivity index (χ1v) is 8.67. The van der Waals surface area contributed by atoms with E-state index in [1.807, 2.05) is 19.1 Å². The fourth-order valence-electron chi connectivity index (χ4n) is 2.32. The van der Waals surface area contributed by atoms with E-state index in [1.54, 1.807) is 36.4 Å². The molecule has 2 heterocycles. The van der Waals surface area contributed by atoms with Crippen LogP contribution >= 0.6 is 11.3 Å². The smallest absolute Gasteiger partial charge is 0.255 e. The molecule has 3 aromatic rings. The van der Waals surface area contributed by atoms with Crippen molar-refractivity contribution in [2.45, 2.75) is 13.5 Å². The van der Waals surface area contributed by atoms with Gasteiger partial charge < -0.3 is 14.5 Å². The minimum atomic E-state index is -0.212. The summed E-state index contributed by atoms with van der Waals surface area (Å²) >= 11 is 1.34. The van der Waals surface area contributed by atoms with Crippen molar-refractivity contribution >= 4 is 23.0 Å². The normalized spacial score (nSPS) is 10.4. The molecule has 0 radical (unpaired) electrons. The Kier molecular flexibility index (Phi) is 5.30. The Balaban J connectivity index is 1.64. The Morgan fingerprint density at radius 1 is 1.12 bits per heavy atom. The summed E-state index contributed by atoms with van der Waals surface area (Å²) in [6.07, 6.45) is 1.47. The highest BCUT2D eigenvalue weighted by Crippen LogP contribution is 2.21. The van der Waals surface area contributed by atoms with E-state index in [-0.39, 0.29) is 11.7 Å². The van der Waals surface area contributed by atoms with Crippen molar-refractivity contribution in [1.29, 1.82) is 0 Å². The van der Waals surface area contributed by atoms with Gasteiger partial charge >= 0.3 is 0 Å². The Hall–Kier alpha value is -2.86. The molecule has 0 aliphatic rings. The van der Waals surface area contributed by atoms with E-state index in [0.717, 1.165) is 4.88 Å². The Labute approximate surface area is 149 Å². The number of furan rings is 1. The SMILES string of the molecule is CCOc1ccccc1C(=O)NCc1ccc(C(=O)c2ccco2)s1. The van der Waals surface area contributed by atoms with E-state index in [9.17, 15) is 9.59 Å². The predicted molar refractivity (Wildman–Crippen MR) is 95.2 cm³/mol. The fraction of sp³-hybridized carbons (Fsp3) is 0.158. The van der Waals surface area contributed by atoms with Crippen LogP contribution in [0.1, 0.15) is 37.6 Å². The van der Waals surface area contributed by atoms with Crippen LogP contribution < -0.4 is 10.1 Å². The molecule has 5 nitrogen and oxygen atoms in total. The summed E-state index contributed by atoms with van der Waals surface area (Å²) < 4.78 is 10.6. The zero-order valence-electron chi connectivity index (χ0n) is 13.7. The number of rotatable bonds is 7. The minimum absolute atomic E-state index is 0.158. The number of ketones is 1. The lowest BCUT2D eigenvalue weighted by atomic mass is 10.2. The first-order valence-electron chi connectivity index (χ1n) is 7.86. The van der Waals surface area contributed by atoms with Gasteiger partial charge in [0.1, 0.15) is 5.75 Å². The van der Waals surface area contributed by atoms with Crippen molar-refractivity contribution in [3.05, 3.63) is 75.9 Å². The van der Waals surface area contributed by atoms with Gasteiger partial charge in [0.25, 0.3) is 5.91 Å². The van der Waals surface area contributed by atoms with Crippen molar-refractivity contribution in [1.82, 2.24) is 5.32 Å². The fourth-order valence-corrected chi connectivity index (χ4v) is 3.21. The number of ether oxygens (including phenoxy) is 1. The number of hydrogen-bond acceptors (Lipinski definition) is 5. The van der Waals surface area contributed by atoms with Crippen molar-refractivity contribution in [3.8, 4) is 5.75 Å². The number of hydrogen-bond donors (Lipinski definition) is 1. The van der Waals surface area contributed by atoms with Crippen molar-refractivity contribution in [2.24, 2.45) is 0 Å². The molecule has 0 bridgehead atoms. The van der Waals surface area contributed by atoms with Crippen LogP contribution in [0.4, 0.5) is 0 Å². The van der Waals surface area contributed by atoms with Gasteiger partial charge in [-0.05, 0) is 43.3 Å². The van der Waals surface area contributed by atoms with Crippen LogP contribution in [0.5, 0.6) is 5.75 Å². The van der Waals surface area contributed by atoms with E-state index in [1.165, 1.54) is 17.6 Å². The average Bonchev–Trinajstić information content (AvgIpc) is 3.32. The van der Waals surface area contributed by atoms with Crippen LogP contribution in [0.2, 0.25) is 0 Å². The second-order valence-corrected chi connectivity index (χ2v) is 6.35. The molecule has 6 heteroatoms. The number of para-hydroxylation sites is 1. The van der Waals surface area contributed by atoms with Crippen LogP contribution in [-0.4, -0.2) is 18.3 Å². The molecule has 128 valence electrons. The van der Waals surface area contributed by atoms with E-state index in [4.69, 9.17) is 9.15 Å². The molecule has 0 spiro atoms. The van der Waals surface area contributed by atoms with Gasteiger partial charge in [0.2, 0.25) is 5.78 Å². The van der Waals surface area contributed by atoms with Crippen molar-refractivity contribution in [3.63, 3.8) is 0 Å². The molecule has 0 fully saturated rings. The third-order valence-corrected chi connectivity index (χ3v) is 4.57. The Morgan fingerprint density at radius 3 is 2.72 bits per heavy atom. The monoisotopic (exact) mass is 355 g/mol. The van der Waals surface area contributed by atoms with Gasteiger partial charge in [-0.1, -0.05) is 12.1 Å². The summed E-state index contributed by atoms with van der Waals surface area (Å²) in [7, 11) is 0. The van der Waals surface area contributed by atoms with Gasteiger partial charge in [0, 0.05) is 4.88 Å². The van der Waals surface area contributed by atoms with Crippen LogP contribution in [0, 0.1) is 0 Å². The molecule has 0 unspecified atom stereocenters. The standard InChI is InChI=1S/C19H17NO4S/c1-2-23-15-7-4-3-6-14(15)19(22)20-12-13-9-10-17(25-13)18(21)16-8-5-11-24-16/h3-11H,2,12H2,1H3,(H,20,22). The molecule has 1 aromatic carbocycles. The molecule has 0 atom stereocenters. The van der Waals surface area contributed by atoms with Crippen LogP contribution in [0.15, 0.2) is 59.2 Å². The average molecular weight is 355 g/mol. The number of thiophene rings is 1. The maximum atomic E-state index is 12.4. The van der Waals surface area contributed by atoms with Gasteiger partial charge in [0.05, 0.1) is 29.9 Å². The second-order valence-electron chi connectivity index (χ2n) is 5.18. The van der Waals surface area contributed by atoms with Gasteiger partial charge in [-0.15, -0.1) is 11.3 Å². The molecule has 1 amide bonds. The lowest BCUT2D eigenvalue weighted by Gasteiger charge is -2.09. The summed E-state index contributed by atoms with van der Waals surface area (Å²) in [4.78, 5) is 26.0. The quantitative estimate of drug-likeness (QED) is 0.653. The summed E-state index contributed by atoms with van der Waals surface area (Å²) in [5.74, 6) is 0.496. The third-order valence-electron chi connectivity index (χ3n) is 3.49. The molecule has 3 rings (SSSR count). The van der Waals surface area contributed by atoms with E-state index >= 15 is 0 Å². The largest absolute Gasteiger partial charge is 0.493 e. The Morgan fingerprint density at radius 2 is 1.96 bits per heavy atom. The molecule has 2 aromatic heterocycles. The highest BCUT2D eigenvalue weighted by Gasteiger charge is 2.15. The molecule has 0 aliphatic carbocycles. The minimum Gasteiger partial charge on any atom is -0.493 e.